The number of nitrogens with one attached hydrogen (secondary N) is 2. The van der Waals surface area contributed by atoms with Crippen LogP contribution in [0.3, 0.4) is 0 Å². The van der Waals surface area contributed by atoms with Crippen LogP contribution in [-0.2, 0) is 34.9 Å². The van der Waals surface area contributed by atoms with Crippen molar-refractivity contribution in [3.63, 3.8) is 0 Å². The van der Waals surface area contributed by atoms with E-state index in [1.807, 2.05) is 6.92 Å². The number of esters is 2. The van der Waals surface area contributed by atoms with Gasteiger partial charge in [-0.2, -0.15) is 0 Å². The molecule has 0 saturated carbocycles. The average Bonchev–Trinajstić information content (AvgIpc) is 3.25. The summed E-state index contributed by atoms with van der Waals surface area (Å²) < 4.78 is 32.6. The number of imidazole rings is 1. The smallest absolute Gasteiger partial charge is 0.326 e. The molecule has 0 aliphatic carbocycles. The van der Waals surface area contributed by atoms with Gasteiger partial charge in [-0.15, -0.1) is 0 Å². The molecule has 2 aromatic rings. The first kappa shape index (κ1) is 32.7. The molecule has 0 saturated heterocycles. The Kier molecular flexibility index (Phi) is 12.4. The minimum absolute atomic E-state index is 0.281. The van der Waals surface area contributed by atoms with Gasteiger partial charge in [0.05, 0.1) is 37.4 Å². The van der Waals surface area contributed by atoms with E-state index in [1.165, 1.54) is 0 Å². The van der Waals surface area contributed by atoms with Gasteiger partial charge in [0, 0.05) is 6.20 Å². The molecule has 0 fully saturated rings. The lowest BCUT2D eigenvalue weighted by atomic mass is 10.1. The second-order valence-electron chi connectivity index (χ2n) is 10.6. The van der Waals surface area contributed by atoms with Crippen molar-refractivity contribution in [3.05, 3.63) is 18.6 Å². The number of pyridine rings is 1. The lowest BCUT2D eigenvalue weighted by Gasteiger charge is -2.32. The van der Waals surface area contributed by atoms with E-state index in [9.17, 15) is 14.2 Å². The van der Waals surface area contributed by atoms with Crippen LogP contribution in [0.25, 0.3) is 11.2 Å². The standard InChI is InChI=1S/C26H45N6O6P/c1-8-9-10-11-14-36-25(34)26(6,7)31-39(35,30-20(5)24(33)38-18(2)3)17-37-19(4)15-32-16-29-22-21(27)12-13-28-23(22)32/h12-13,16,18-20H,8-11,14-15,17H2,1-7H3,(H2,27,28)(H2,30,31,35)/t19-,20-,39?/m1/s1. The van der Waals surface area contributed by atoms with Crippen LogP contribution in [0.1, 0.15) is 74.1 Å². The van der Waals surface area contributed by atoms with Gasteiger partial charge in [-0.1, -0.05) is 26.2 Å². The van der Waals surface area contributed by atoms with Gasteiger partial charge in [0.25, 0.3) is 0 Å². The molecule has 13 heteroatoms. The molecule has 220 valence electrons. The minimum Gasteiger partial charge on any atom is -0.464 e. The van der Waals surface area contributed by atoms with Crippen LogP contribution >= 0.6 is 7.44 Å². The van der Waals surface area contributed by atoms with E-state index in [0.717, 1.165) is 25.7 Å². The molecule has 0 aliphatic heterocycles. The van der Waals surface area contributed by atoms with Crippen molar-refractivity contribution in [1.29, 1.82) is 0 Å². The number of carbonyl (C=O) groups is 2. The third-order valence-corrected chi connectivity index (χ3v) is 8.08. The second-order valence-corrected chi connectivity index (χ2v) is 12.8. The zero-order chi connectivity index (χ0) is 29.2. The largest absolute Gasteiger partial charge is 0.464 e. The van der Waals surface area contributed by atoms with Crippen molar-refractivity contribution in [1.82, 2.24) is 24.7 Å². The summed E-state index contributed by atoms with van der Waals surface area (Å²) in [6, 6.07) is 0.756. The van der Waals surface area contributed by atoms with Gasteiger partial charge >= 0.3 is 11.9 Å². The molecule has 39 heavy (non-hydrogen) atoms. The number of unbranched alkanes of at least 4 members (excludes halogenated alkanes) is 3. The fourth-order valence-electron chi connectivity index (χ4n) is 3.85. The van der Waals surface area contributed by atoms with Crippen LogP contribution in [0.2, 0.25) is 0 Å². The molecule has 3 atom stereocenters. The number of anilines is 1. The van der Waals surface area contributed by atoms with E-state index >= 15 is 0 Å². The summed E-state index contributed by atoms with van der Waals surface area (Å²) in [5.74, 6) is -1.11. The molecule has 2 rings (SSSR count). The van der Waals surface area contributed by atoms with Gasteiger partial charge in [0.15, 0.2) is 5.65 Å². The Bertz CT molecular complexity index is 1140. The Balaban J connectivity index is 2.12. The fourth-order valence-corrected chi connectivity index (χ4v) is 6.24. The number of nitrogens with zero attached hydrogens (tertiary/aromatic N) is 3. The highest BCUT2D eigenvalue weighted by molar-refractivity contribution is 7.59. The maximum absolute atomic E-state index is 14.1. The minimum atomic E-state index is -3.68. The van der Waals surface area contributed by atoms with Crippen molar-refractivity contribution >= 4 is 36.2 Å². The van der Waals surface area contributed by atoms with Gasteiger partial charge in [-0.05, 0) is 54.0 Å². The Labute approximate surface area is 231 Å². The number of hydrogen-bond acceptors (Lipinski definition) is 9. The first-order valence-electron chi connectivity index (χ1n) is 13.5. The summed E-state index contributed by atoms with van der Waals surface area (Å²) in [5, 5.41) is 5.74. The highest BCUT2D eigenvalue weighted by Crippen LogP contribution is 2.40. The van der Waals surface area contributed by atoms with Crippen molar-refractivity contribution in [2.24, 2.45) is 0 Å². The number of nitrogen functional groups attached to an aromatic ring is 1. The van der Waals surface area contributed by atoms with Gasteiger partial charge < -0.3 is 24.5 Å². The number of rotatable bonds is 17. The number of nitrogens with two attached hydrogens (primary N) is 1. The Morgan fingerprint density at radius 2 is 1.87 bits per heavy atom. The van der Waals surface area contributed by atoms with E-state index in [2.05, 4.69) is 27.1 Å². The third kappa shape index (κ3) is 10.2. The molecule has 4 N–H and O–H groups in total. The zero-order valence-corrected chi connectivity index (χ0v) is 25.1. The van der Waals surface area contributed by atoms with Gasteiger partial charge in [-0.3, -0.25) is 14.2 Å². The maximum atomic E-state index is 14.1. The number of aromatic nitrogens is 3. The van der Waals surface area contributed by atoms with Gasteiger partial charge in [-0.25, -0.2) is 20.1 Å². The van der Waals surface area contributed by atoms with Crippen LogP contribution in [0.5, 0.6) is 0 Å². The van der Waals surface area contributed by atoms with Crippen LogP contribution < -0.4 is 15.9 Å². The number of fused-ring (bicyclic) bond motifs is 1. The van der Waals surface area contributed by atoms with Crippen LogP contribution in [0, 0.1) is 0 Å². The summed E-state index contributed by atoms with van der Waals surface area (Å²) in [7, 11) is -3.68. The van der Waals surface area contributed by atoms with Crippen molar-refractivity contribution < 1.29 is 28.4 Å². The summed E-state index contributed by atoms with van der Waals surface area (Å²) in [6.07, 6.45) is 6.03. The number of ether oxygens (including phenoxy) is 3. The van der Waals surface area contributed by atoms with E-state index in [4.69, 9.17) is 19.9 Å². The monoisotopic (exact) mass is 568 g/mol. The predicted octanol–water partition coefficient (Wildman–Crippen LogP) is 3.99. The second kappa shape index (κ2) is 14.7. The Morgan fingerprint density at radius 1 is 1.15 bits per heavy atom. The van der Waals surface area contributed by atoms with Crippen molar-refractivity contribution in [2.45, 2.75) is 104 Å². The summed E-state index contributed by atoms with van der Waals surface area (Å²) >= 11 is 0. The molecule has 0 spiro atoms. The molecule has 12 nitrogen and oxygen atoms in total. The van der Waals surface area contributed by atoms with Crippen LogP contribution in [0.15, 0.2) is 18.6 Å². The first-order chi connectivity index (χ1) is 18.3. The highest BCUT2D eigenvalue weighted by atomic mass is 31.2. The molecule has 0 radical (unpaired) electrons. The van der Waals surface area contributed by atoms with Gasteiger partial charge in [0.2, 0.25) is 7.44 Å². The lowest BCUT2D eigenvalue weighted by molar-refractivity contribution is -0.149. The zero-order valence-electron chi connectivity index (χ0n) is 24.2. The average molecular weight is 569 g/mol. The van der Waals surface area contributed by atoms with E-state index in [0.29, 0.717) is 23.4 Å². The normalized spacial score (nSPS) is 15.2. The lowest BCUT2D eigenvalue weighted by Crippen LogP contribution is -2.50. The maximum Gasteiger partial charge on any atom is 0.326 e. The summed E-state index contributed by atoms with van der Waals surface area (Å²) in [6.45, 7) is 12.8. The number of hydrogen-bond donors (Lipinski definition) is 3. The summed E-state index contributed by atoms with van der Waals surface area (Å²) in [4.78, 5) is 34.0. The predicted molar refractivity (Wildman–Crippen MR) is 151 cm³/mol. The topological polar surface area (TPSA) is 160 Å². The Morgan fingerprint density at radius 3 is 2.54 bits per heavy atom. The van der Waals surface area contributed by atoms with Crippen LogP contribution in [0.4, 0.5) is 5.69 Å². The van der Waals surface area contributed by atoms with Crippen LogP contribution in [-0.4, -0.2) is 63.2 Å². The van der Waals surface area contributed by atoms with Crippen molar-refractivity contribution in [3.8, 4) is 0 Å². The molecule has 0 amide bonds. The van der Waals surface area contributed by atoms with Gasteiger partial charge in [0.1, 0.15) is 23.4 Å². The third-order valence-electron chi connectivity index (χ3n) is 5.84. The van der Waals surface area contributed by atoms with E-state index < -0.39 is 37.1 Å². The molecule has 2 aromatic heterocycles. The SMILES string of the molecule is CCCCCCOC(=O)C(C)(C)NP(=O)(CO[C@H](C)Cn1cnc2c(N)ccnc21)N[C@H](C)C(=O)OC(C)C. The van der Waals surface area contributed by atoms with E-state index in [-0.39, 0.29) is 19.1 Å². The van der Waals surface area contributed by atoms with Crippen molar-refractivity contribution in [2.75, 3.05) is 18.7 Å². The quantitative estimate of drug-likeness (QED) is 0.144. The Hall–Kier alpha value is -2.53. The molecule has 0 aromatic carbocycles. The fraction of sp³-hybridized carbons (Fsp3) is 0.692. The summed E-state index contributed by atoms with van der Waals surface area (Å²) in [5.41, 5.74) is 6.38. The molecule has 1 unspecified atom stereocenters. The molecular weight excluding hydrogens is 523 g/mol. The first-order valence-corrected chi connectivity index (χ1v) is 15.4. The highest BCUT2D eigenvalue weighted by Gasteiger charge is 2.39. The number of carbonyl (C=O) groups excluding carboxylic acids is 2. The molecule has 0 aliphatic rings. The molecular formula is C26H45N6O6P. The molecule has 2 heterocycles. The molecule has 0 bridgehead atoms. The van der Waals surface area contributed by atoms with E-state index in [1.54, 1.807) is 57.8 Å².